The van der Waals surface area contributed by atoms with Gasteiger partial charge in [0.15, 0.2) is 18.2 Å². The van der Waals surface area contributed by atoms with E-state index in [0.29, 0.717) is 12.8 Å². The van der Waals surface area contributed by atoms with Gasteiger partial charge in [-0.1, -0.05) is 6.92 Å². The predicted octanol–water partition coefficient (Wildman–Crippen LogP) is -4.21. The summed E-state index contributed by atoms with van der Waals surface area (Å²) in [5, 5.41) is 130. The molecular formula is C23H38O13. The van der Waals surface area contributed by atoms with E-state index in [1.54, 1.807) is 6.92 Å². The minimum atomic E-state index is -3.14. The van der Waals surface area contributed by atoms with E-state index in [0.717, 1.165) is 6.92 Å². The smallest absolute Gasteiger partial charge is 0.180 e. The molecule has 0 aromatic carbocycles. The number of aliphatic hydroxyl groups excluding tert-OH is 8. The molecule has 3 saturated carbocycles. The SMILES string of the molecule is CC(O)OC1C2(O)C(C)C3CCC(CO)C(O)C3C(O)C2C(O)C2(O)C(O)C(C(O)O)=C(O)CC12O. The molecule has 3 fully saturated rings. The van der Waals surface area contributed by atoms with E-state index in [4.69, 9.17) is 4.74 Å². The molecule has 0 aliphatic heterocycles. The van der Waals surface area contributed by atoms with Crippen LogP contribution in [0.15, 0.2) is 11.3 Å². The summed E-state index contributed by atoms with van der Waals surface area (Å²) in [5.74, 6) is -5.85. The van der Waals surface area contributed by atoms with Crippen LogP contribution in [0, 0.1) is 29.6 Å². The average molecular weight is 523 g/mol. The maximum Gasteiger partial charge on any atom is 0.180 e. The third kappa shape index (κ3) is 3.39. The molecule has 0 spiro atoms. The Balaban J connectivity index is 1.94. The van der Waals surface area contributed by atoms with Crippen molar-refractivity contribution in [2.45, 2.75) is 93.0 Å². The first-order valence-electron chi connectivity index (χ1n) is 12.2. The fourth-order valence-corrected chi connectivity index (χ4v) is 7.80. The lowest BCUT2D eigenvalue weighted by atomic mass is 9.43. The Kier molecular flexibility index (Phi) is 7.08. The van der Waals surface area contributed by atoms with Crippen LogP contribution in [0.3, 0.4) is 0 Å². The predicted molar refractivity (Wildman–Crippen MR) is 117 cm³/mol. The fraction of sp³-hybridized carbons (Fsp3) is 0.913. The van der Waals surface area contributed by atoms with Gasteiger partial charge >= 0.3 is 0 Å². The van der Waals surface area contributed by atoms with Crippen molar-refractivity contribution in [2.75, 3.05) is 6.61 Å². The molecule has 0 saturated heterocycles. The van der Waals surface area contributed by atoms with Crippen molar-refractivity contribution in [1.29, 1.82) is 0 Å². The molecule has 0 aromatic heterocycles. The summed E-state index contributed by atoms with van der Waals surface area (Å²) in [6.45, 7) is 2.31. The van der Waals surface area contributed by atoms with Gasteiger partial charge in [0.05, 0.1) is 23.9 Å². The number of ether oxygens (including phenoxy) is 1. The topological polar surface area (TPSA) is 252 Å². The van der Waals surface area contributed by atoms with E-state index in [9.17, 15) is 61.3 Å². The Morgan fingerprint density at radius 2 is 1.61 bits per heavy atom. The Morgan fingerprint density at radius 3 is 2.14 bits per heavy atom. The van der Waals surface area contributed by atoms with E-state index >= 15 is 0 Å². The van der Waals surface area contributed by atoms with Crippen molar-refractivity contribution in [3.8, 4) is 0 Å². The molecule has 0 bridgehead atoms. The van der Waals surface area contributed by atoms with Gasteiger partial charge in [-0.3, -0.25) is 0 Å². The largest absolute Gasteiger partial charge is 0.512 e. The molecule has 13 nitrogen and oxygen atoms in total. The highest BCUT2D eigenvalue weighted by atomic mass is 16.6. The normalized spacial score (nSPS) is 54.1. The summed E-state index contributed by atoms with van der Waals surface area (Å²) >= 11 is 0. The van der Waals surface area contributed by atoms with Crippen LogP contribution in [0.4, 0.5) is 0 Å². The molecule has 0 heterocycles. The minimum Gasteiger partial charge on any atom is -0.512 e. The quantitative estimate of drug-likeness (QED) is 0.157. The van der Waals surface area contributed by atoms with E-state index < -0.39 is 107 Å². The van der Waals surface area contributed by atoms with Crippen LogP contribution < -0.4 is 0 Å². The molecule has 0 amide bonds. The van der Waals surface area contributed by atoms with Crippen LogP contribution in [-0.4, -0.2) is 128 Å². The lowest BCUT2D eigenvalue weighted by Gasteiger charge is -2.69. The van der Waals surface area contributed by atoms with Gasteiger partial charge in [-0.2, -0.15) is 0 Å². The van der Waals surface area contributed by atoms with Crippen LogP contribution in [-0.2, 0) is 4.74 Å². The Labute approximate surface area is 207 Å². The number of hydrogen-bond donors (Lipinski definition) is 12. The molecule has 14 atom stereocenters. The molecule has 4 aliphatic rings. The lowest BCUT2D eigenvalue weighted by molar-refractivity contribution is -0.403. The van der Waals surface area contributed by atoms with Crippen molar-refractivity contribution in [3.05, 3.63) is 11.3 Å². The molecule has 0 radical (unpaired) electrons. The van der Waals surface area contributed by atoms with Gasteiger partial charge in [-0.25, -0.2) is 0 Å². The first-order chi connectivity index (χ1) is 16.6. The van der Waals surface area contributed by atoms with Crippen LogP contribution in [0.25, 0.3) is 0 Å². The molecule has 0 aromatic rings. The monoisotopic (exact) mass is 522 g/mol. The molecule has 36 heavy (non-hydrogen) atoms. The van der Waals surface area contributed by atoms with Crippen molar-refractivity contribution in [1.82, 2.24) is 0 Å². The third-order valence-electron chi connectivity index (χ3n) is 9.58. The summed E-state index contributed by atoms with van der Waals surface area (Å²) in [6.07, 6.45) is -14.3. The standard InChI is InChI=1S/C23H38O13/c1-7-10-4-3-9(6-24)15(27)12(10)16(28)14-18(30)23(35)17(29)13(19(31)32)11(26)5-21(23,33)20(22(7,14)34)36-8(2)25/h7-10,12,14-20,24-35H,3-6H2,1-2H3. The highest BCUT2D eigenvalue weighted by Crippen LogP contribution is 2.63. The van der Waals surface area contributed by atoms with Crippen LogP contribution in [0.1, 0.15) is 33.1 Å². The van der Waals surface area contributed by atoms with Gasteiger partial charge in [0.25, 0.3) is 0 Å². The zero-order chi connectivity index (χ0) is 27.1. The van der Waals surface area contributed by atoms with Gasteiger partial charge < -0.3 is 66.0 Å². The minimum absolute atomic E-state index is 0.342. The van der Waals surface area contributed by atoms with E-state index in [-0.39, 0.29) is 6.61 Å². The summed E-state index contributed by atoms with van der Waals surface area (Å²) in [4.78, 5) is 0. The molecule has 13 heteroatoms. The van der Waals surface area contributed by atoms with Gasteiger partial charge in [0.1, 0.15) is 29.2 Å². The summed E-state index contributed by atoms with van der Waals surface area (Å²) in [5.41, 5.74) is -9.31. The van der Waals surface area contributed by atoms with Gasteiger partial charge in [-0.05, 0) is 31.6 Å². The number of rotatable bonds is 4. The Hall–Kier alpha value is -0.940. The van der Waals surface area contributed by atoms with E-state index in [1.807, 2.05) is 0 Å². The maximum atomic E-state index is 12.2. The zero-order valence-corrected chi connectivity index (χ0v) is 20.0. The molecule has 4 aliphatic carbocycles. The molecule has 208 valence electrons. The second kappa shape index (κ2) is 9.07. The average Bonchev–Trinajstić information content (AvgIpc) is 2.78. The summed E-state index contributed by atoms with van der Waals surface area (Å²) in [7, 11) is 0. The van der Waals surface area contributed by atoms with E-state index in [2.05, 4.69) is 0 Å². The van der Waals surface area contributed by atoms with Crippen LogP contribution in [0.5, 0.6) is 0 Å². The van der Waals surface area contributed by atoms with Gasteiger partial charge in [0.2, 0.25) is 0 Å². The van der Waals surface area contributed by atoms with E-state index in [1.165, 1.54) is 0 Å². The summed E-state index contributed by atoms with van der Waals surface area (Å²) < 4.78 is 5.51. The zero-order valence-electron chi connectivity index (χ0n) is 20.0. The number of hydrogen-bond acceptors (Lipinski definition) is 13. The lowest BCUT2D eigenvalue weighted by Crippen LogP contribution is -2.88. The summed E-state index contributed by atoms with van der Waals surface area (Å²) in [6, 6.07) is 0. The first-order valence-corrected chi connectivity index (χ1v) is 12.2. The Bertz CT molecular complexity index is 880. The van der Waals surface area contributed by atoms with Crippen molar-refractivity contribution < 1.29 is 66.0 Å². The second-order valence-electron chi connectivity index (χ2n) is 11.1. The maximum absolute atomic E-state index is 12.2. The van der Waals surface area contributed by atoms with Crippen molar-refractivity contribution >= 4 is 0 Å². The molecular weight excluding hydrogens is 484 g/mol. The number of fused-ring (bicyclic) bond motifs is 3. The fourth-order valence-electron chi connectivity index (χ4n) is 7.80. The molecule has 4 rings (SSSR count). The first kappa shape index (κ1) is 28.1. The van der Waals surface area contributed by atoms with Gasteiger partial charge in [0, 0.05) is 30.8 Å². The van der Waals surface area contributed by atoms with Crippen molar-refractivity contribution in [2.24, 2.45) is 29.6 Å². The van der Waals surface area contributed by atoms with Gasteiger partial charge in [-0.15, -0.1) is 0 Å². The molecule has 12 N–H and O–H groups in total. The van der Waals surface area contributed by atoms with Crippen LogP contribution >= 0.6 is 0 Å². The second-order valence-corrected chi connectivity index (χ2v) is 11.1. The highest BCUT2D eigenvalue weighted by Gasteiger charge is 2.80. The van der Waals surface area contributed by atoms with Crippen LogP contribution in [0.2, 0.25) is 0 Å². The van der Waals surface area contributed by atoms with Crippen molar-refractivity contribution in [3.63, 3.8) is 0 Å². The third-order valence-corrected chi connectivity index (χ3v) is 9.58. The molecule has 14 unspecified atom stereocenters. The number of aliphatic hydroxyl groups is 12. The highest BCUT2D eigenvalue weighted by molar-refractivity contribution is 5.38. The Morgan fingerprint density at radius 1 is 1.00 bits per heavy atom.